The number of esters is 1. The topological polar surface area (TPSA) is 136 Å². The van der Waals surface area contributed by atoms with Crippen molar-refractivity contribution in [1.82, 2.24) is 10.2 Å². The zero-order chi connectivity index (χ0) is 28.1. The quantitative estimate of drug-likeness (QED) is 0.229. The Morgan fingerprint density at radius 1 is 1.13 bits per heavy atom. The first-order valence-electron chi connectivity index (χ1n) is 11.3. The standard InChI is InChI=1S/C26H21ClFN3O8/c1-36-21-11-14(9-18(27)23(21)38-13-22(32)29-16-5-3-15(28)4-6-16)10-19-24(33)31(26(35)30-19)12-17-7-8-20(39-17)25(34)37-2/h3-11H,12-13H2,1-2H3,(H,29,32)(H,30,35)/b19-10-. The fourth-order valence-electron chi connectivity index (χ4n) is 3.54. The zero-order valence-electron chi connectivity index (χ0n) is 20.6. The molecular formula is C26H21ClFN3O8. The molecule has 1 aliphatic heterocycles. The summed E-state index contributed by atoms with van der Waals surface area (Å²) in [6.07, 6.45) is 1.39. The summed E-state index contributed by atoms with van der Waals surface area (Å²) in [7, 11) is 2.57. The van der Waals surface area contributed by atoms with Crippen LogP contribution in [0.1, 0.15) is 21.9 Å². The summed E-state index contributed by atoms with van der Waals surface area (Å²) >= 11 is 6.36. The maximum atomic E-state index is 13.0. The van der Waals surface area contributed by atoms with E-state index in [1.54, 1.807) is 0 Å². The second-order valence-corrected chi connectivity index (χ2v) is 8.42. The molecule has 1 saturated heterocycles. The van der Waals surface area contributed by atoms with Gasteiger partial charge in [0.25, 0.3) is 11.8 Å². The number of urea groups is 1. The zero-order valence-corrected chi connectivity index (χ0v) is 21.3. The maximum Gasteiger partial charge on any atom is 0.373 e. The number of benzene rings is 2. The van der Waals surface area contributed by atoms with E-state index in [1.165, 1.54) is 68.8 Å². The van der Waals surface area contributed by atoms with E-state index in [0.717, 1.165) is 4.90 Å². The van der Waals surface area contributed by atoms with Crippen LogP contribution in [0.4, 0.5) is 14.9 Å². The lowest BCUT2D eigenvalue weighted by Crippen LogP contribution is -2.30. The van der Waals surface area contributed by atoms with Gasteiger partial charge in [0.15, 0.2) is 18.1 Å². The number of nitrogens with one attached hydrogen (secondary N) is 2. The van der Waals surface area contributed by atoms with E-state index >= 15 is 0 Å². The average molecular weight is 558 g/mol. The monoisotopic (exact) mass is 557 g/mol. The predicted molar refractivity (Wildman–Crippen MR) is 136 cm³/mol. The Labute approximate surface area is 226 Å². The Morgan fingerprint density at radius 2 is 1.87 bits per heavy atom. The number of carbonyl (C=O) groups is 4. The van der Waals surface area contributed by atoms with Crippen LogP contribution in [0, 0.1) is 5.82 Å². The molecule has 0 aliphatic carbocycles. The number of nitrogens with zero attached hydrogens (tertiary/aromatic N) is 1. The van der Waals surface area contributed by atoms with Crippen molar-refractivity contribution in [2.24, 2.45) is 0 Å². The number of amides is 4. The molecule has 39 heavy (non-hydrogen) atoms. The third-order valence-corrected chi connectivity index (χ3v) is 5.64. The van der Waals surface area contributed by atoms with Crippen molar-refractivity contribution in [1.29, 1.82) is 0 Å². The lowest BCUT2D eigenvalue weighted by atomic mass is 10.1. The van der Waals surface area contributed by atoms with Crippen molar-refractivity contribution in [3.8, 4) is 11.5 Å². The normalized spacial score (nSPS) is 13.8. The van der Waals surface area contributed by atoms with Crippen LogP contribution < -0.4 is 20.1 Å². The molecule has 2 aromatic carbocycles. The summed E-state index contributed by atoms with van der Waals surface area (Å²) in [6, 6.07) is 10.3. The molecule has 4 rings (SSSR count). The third kappa shape index (κ3) is 6.36. The molecule has 1 aromatic heterocycles. The Kier molecular flexibility index (Phi) is 8.15. The first-order chi connectivity index (χ1) is 18.7. The van der Waals surface area contributed by atoms with Crippen molar-refractivity contribution in [2.75, 3.05) is 26.1 Å². The molecule has 0 spiro atoms. The number of carbonyl (C=O) groups excluding carboxylic acids is 4. The fraction of sp³-hybridized carbons (Fsp3) is 0.154. The number of imide groups is 1. The highest BCUT2D eigenvalue weighted by Crippen LogP contribution is 2.37. The number of halogens is 2. The van der Waals surface area contributed by atoms with Crippen molar-refractivity contribution in [3.63, 3.8) is 0 Å². The molecule has 0 saturated carbocycles. The number of furan rings is 1. The highest BCUT2D eigenvalue weighted by Gasteiger charge is 2.34. The largest absolute Gasteiger partial charge is 0.493 e. The molecule has 4 amide bonds. The number of rotatable bonds is 9. The van der Waals surface area contributed by atoms with E-state index in [2.05, 4.69) is 15.4 Å². The molecular weight excluding hydrogens is 537 g/mol. The second-order valence-electron chi connectivity index (χ2n) is 8.01. The van der Waals surface area contributed by atoms with Gasteiger partial charge in [-0.3, -0.25) is 14.5 Å². The lowest BCUT2D eigenvalue weighted by Gasteiger charge is -2.13. The highest BCUT2D eigenvalue weighted by atomic mass is 35.5. The van der Waals surface area contributed by atoms with Gasteiger partial charge in [-0.2, -0.15) is 0 Å². The first kappa shape index (κ1) is 27.2. The molecule has 2 heterocycles. The first-order valence-corrected chi connectivity index (χ1v) is 11.6. The van der Waals surface area contributed by atoms with E-state index in [1.807, 2.05) is 0 Å². The van der Waals surface area contributed by atoms with Crippen molar-refractivity contribution in [3.05, 3.63) is 82.2 Å². The Balaban J connectivity index is 1.45. The Morgan fingerprint density at radius 3 is 2.56 bits per heavy atom. The Bertz CT molecular complexity index is 1470. The minimum Gasteiger partial charge on any atom is -0.493 e. The van der Waals surface area contributed by atoms with Crippen LogP contribution in [0.25, 0.3) is 6.08 Å². The van der Waals surface area contributed by atoms with Gasteiger partial charge in [-0.15, -0.1) is 0 Å². The fourth-order valence-corrected chi connectivity index (χ4v) is 3.82. The number of hydrogen-bond donors (Lipinski definition) is 2. The van der Waals surface area contributed by atoms with Crippen molar-refractivity contribution in [2.45, 2.75) is 6.54 Å². The van der Waals surface area contributed by atoms with Crippen LogP contribution in [0.15, 0.2) is 58.6 Å². The maximum absolute atomic E-state index is 13.0. The number of anilines is 1. The van der Waals surface area contributed by atoms with Gasteiger partial charge in [-0.05, 0) is 60.2 Å². The van der Waals surface area contributed by atoms with E-state index < -0.39 is 36.2 Å². The van der Waals surface area contributed by atoms with E-state index in [-0.39, 0.29) is 40.3 Å². The van der Waals surface area contributed by atoms with Crippen LogP contribution in [-0.4, -0.2) is 49.5 Å². The van der Waals surface area contributed by atoms with Crippen LogP contribution in [0.3, 0.4) is 0 Å². The minimum absolute atomic E-state index is 0.0368. The summed E-state index contributed by atoms with van der Waals surface area (Å²) < 4.78 is 33.8. The van der Waals surface area contributed by atoms with Gasteiger partial charge in [-0.25, -0.2) is 14.0 Å². The molecule has 0 unspecified atom stereocenters. The van der Waals surface area contributed by atoms with Gasteiger partial charge in [-0.1, -0.05) is 11.6 Å². The molecule has 2 N–H and O–H groups in total. The highest BCUT2D eigenvalue weighted by molar-refractivity contribution is 6.32. The van der Waals surface area contributed by atoms with E-state index in [9.17, 15) is 23.6 Å². The molecule has 11 nitrogen and oxygen atoms in total. The summed E-state index contributed by atoms with van der Waals surface area (Å²) in [5, 5.41) is 5.11. The van der Waals surface area contributed by atoms with Gasteiger partial charge in [0, 0.05) is 5.69 Å². The van der Waals surface area contributed by atoms with Crippen LogP contribution >= 0.6 is 11.6 Å². The summed E-state index contributed by atoms with van der Waals surface area (Å²) in [5.74, 6) is -1.88. The molecule has 13 heteroatoms. The minimum atomic E-state index is -0.689. The van der Waals surface area contributed by atoms with E-state index in [4.69, 9.17) is 25.5 Å². The smallest absolute Gasteiger partial charge is 0.373 e. The molecule has 0 radical (unpaired) electrons. The van der Waals surface area contributed by atoms with Gasteiger partial charge < -0.3 is 29.3 Å². The average Bonchev–Trinajstić information content (AvgIpc) is 3.49. The predicted octanol–water partition coefficient (Wildman–Crippen LogP) is 3.98. The lowest BCUT2D eigenvalue weighted by molar-refractivity contribution is -0.123. The van der Waals surface area contributed by atoms with Gasteiger partial charge in [0.2, 0.25) is 5.76 Å². The Hall–Kier alpha value is -4.84. The van der Waals surface area contributed by atoms with Crippen molar-refractivity contribution >= 4 is 47.2 Å². The summed E-state index contributed by atoms with van der Waals surface area (Å²) in [6.45, 7) is -0.627. The molecule has 202 valence electrons. The van der Waals surface area contributed by atoms with Gasteiger partial charge in [0.05, 0.1) is 25.8 Å². The molecule has 3 aromatic rings. The SMILES string of the molecule is COC(=O)c1ccc(CN2C(=O)N/C(=C\c3cc(Cl)c(OCC(=O)Nc4ccc(F)cc4)c(OC)c3)C2=O)o1. The summed E-state index contributed by atoms with van der Waals surface area (Å²) in [5.41, 5.74) is 0.750. The number of hydrogen-bond acceptors (Lipinski definition) is 8. The molecule has 1 aliphatic rings. The molecule has 0 atom stereocenters. The molecule has 1 fully saturated rings. The summed E-state index contributed by atoms with van der Waals surface area (Å²) in [4.78, 5) is 50.0. The number of methoxy groups -OCH3 is 2. The number of ether oxygens (including phenoxy) is 3. The molecule has 0 bridgehead atoms. The van der Waals surface area contributed by atoms with E-state index in [0.29, 0.717) is 11.3 Å². The second kappa shape index (κ2) is 11.7. The van der Waals surface area contributed by atoms with Crippen LogP contribution in [0.5, 0.6) is 11.5 Å². The van der Waals surface area contributed by atoms with Gasteiger partial charge >= 0.3 is 12.0 Å². The van der Waals surface area contributed by atoms with Crippen molar-refractivity contribution < 1.29 is 42.2 Å². The third-order valence-electron chi connectivity index (χ3n) is 5.36. The van der Waals surface area contributed by atoms with Gasteiger partial charge in [0.1, 0.15) is 17.3 Å². The van der Waals surface area contributed by atoms with Crippen LogP contribution in [0.2, 0.25) is 5.02 Å². The van der Waals surface area contributed by atoms with Crippen LogP contribution in [-0.2, 0) is 20.9 Å².